The van der Waals surface area contributed by atoms with E-state index >= 15 is 0 Å². The second-order valence-corrected chi connectivity index (χ2v) is 5.77. The normalized spacial score (nSPS) is 10.6. The molecule has 0 spiro atoms. The van der Waals surface area contributed by atoms with Crippen molar-refractivity contribution in [1.29, 1.82) is 0 Å². The monoisotopic (exact) mass is 375 g/mol. The Kier molecular flexibility index (Phi) is 5.82. The molecule has 2 aromatic carbocycles. The summed E-state index contributed by atoms with van der Waals surface area (Å²) in [6.07, 6.45) is 3.22. The maximum absolute atomic E-state index is 12.1. The van der Waals surface area contributed by atoms with E-state index in [2.05, 4.69) is 21.2 Å². The van der Waals surface area contributed by atoms with Crippen molar-refractivity contribution in [3.05, 3.63) is 58.1 Å². The van der Waals surface area contributed by atoms with Gasteiger partial charge in [0.05, 0.1) is 24.4 Å². The van der Waals surface area contributed by atoms with Crippen LogP contribution in [0.25, 0.3) is 6.08 Å². The predicted molar refractivity (Wildman–Crippen MR) is 96.1 cm³/mol. The molecule has 0 atom stereocenters. The molecule has 2 rings (SSSR count). The maximum atomic E-state index is 12.1. The average Bonchev–Trinajstić information content (AvgIpc) is 2.53. The Morgan fingerprint density at radius 2 is 1.78 bits per heavy atom. The number of carbonyl (C=O) groups is 1. The van der Waals surface area contributed by atoms with E-state index in [1.807, 2.05) is 43.3 Å². The number of methoxy groups -OCH3 is 2. The Labute approximate surface area is 144 Å². The summed E-state index contributed by atoms with van der Waals surface area (Å²) in [5, 5.41) is 2.82. The molecule has 120 valence electrons. The number of hydrogen-bond donors (Lipinski definition) is 1. The van der Waals surface area contributed by atoms with Crippen LogP contribution in [0.5, 0.6) is 11.5 Å². The number of carbonyl (C=O) groups excluding carboxylic acids is 1. The molecule has 0 radical (unpaired) electrons. The molecule has 0 unspecified atom stereocenters. The number of aryl methyl sites for hydroxylation is 1. The number of nitrogens with one attached hydrogen (secondary N) is 1. The average molecular weight is 376 g/mol. The van der Waals surface area contributed by atoms with Crippen LogP contribution in [0.15, 0.2) is 46.9 Å². The lowest BCUT2D eigenvalue weighted by atomic mass is 10.2. The largest absolute Gasteiger partial charge is 0.496 e. The highest BCUT2D eigenvalue weighted by Gasteiger charge is 2.06. The summed E-state index contributed by atoms with van der Waals surface area (Å²) in [4.78, 5) is 12.1. The van der Waals surface area contributed by atoms with Crippen molar-refractivity contribution in [3.63, 3.8) is 0 Å². The van der Waals surface area contributed by atoms with Crippen LogP contribution in [0.3, 0.4) is 0 Å². The van der Waals surface area contributed by atoms with E-state index in [0.717, 1.165) is 21.3 Å². The second kappa shape index (κ2) is 7.83. The summed E-state index contributed by atoms with van der Waals surface area (Å²) in [6.45, 7) is 1.96. The van der Waals surface area contributed by atoms with Crippen molar-refractivity contribution in [3.8, 4) is 11.5 Å². The molecule has 23 heavy (non-hydrogen) atoms. The Hall–Kier alpha value is -2.27. The molecule has 1 N–H and O–H groups in total. The minimum atomic E-state index is -0.221. The van der Waals surface area contributed by atoms with E-state index in [0.29, 0.717) is 11.4 Å². The fourth-order valence-electron chi connectivity index (χ4n) is 2.05. The highest BCUT2D eigenvalue weighted by Crippen LogP contribution is 2.27. The lowest BCUT2D eigenvalue weighted by Gasteiger charge is -2.09. The molecule has 0 fully saturated rings. The topological polar surface area (TPSA) is 47.6 Å². The zero-order valence-corrected chi connectivity index (χ0v) is 14.8. The molecule has 0 aliphatic heterocycles. The van der Waals surface area contributed by atoms with Gasteiger partial charge >= 0.3 is 0 Å². The first-order valence-electron chi connectivity index (χ1n) is 7.00. The van der Waals surface area contributed by atoms with Gasteiger partial charge in [-0.1, -0.05) is 12.1 Å². The fraction of sp³-hybridized carbons (Fsp3) is 0.167. The van der Waals surface area contributed by atoms with Gasteiger partial charge in [-0.3, -0.25) is 4.79 Å². The molecular formula is C18H18BrNO3. The first-order chi connectivity index (χ1) is 11.0. The first kappa shape index (κ1) is 17.1. The lowest BCUT2D eigenvalue weighted by molar-refractivity contribution is -0.111. The van der Waals surface area contributed by atoms with Gasteiger partial charge < -0.3 is 14.8 Å². The van der Waals surface area contributed by atoms with Crippen molar-refractivity contribution < 1.29 is 14.3 Å². The first-order valence-corrected chi connectivity index (χ1v) is 7.80. The van der Waals surface area contributed by atoms with Crippen molar-refractivity contribution in [2.75, 3.05) is 19.5 Å². The number of halogens is 1. The van der Waals surface area contributed by atoms with Crippen molar-refractivity contribution >= 4 is 33.6 Å². The van der Waals surface area contributed by atoms with E-state index < -0.39 is 0 Å². The smallest absolute Gasteiger partial charge is 0.248 e. The molecule has 0 saturated carbocycles. The third-order valence-electron chi connectivity index (χ3n) is 3.22. The zero-order chi connectivity index (χ0) is 16.8. The van der Waals surface area contributed by atoms with Gasteiger partial charge in [-0.2, -0.15) is 0 Å². The summed E-state index contributed by atoms with van der Waals surface area (Å²) in [7, 11) is 3.18. The number of ether oxygens (including phenoxy) is 2. The van der Waals surface area contributed by atoms with Crippen LogP contribution in [0.1, 0.15) is 11.1 Å². The molecule has 0 aromatic heterocycles. The third kappa shape index (κ3) is 4.60. The molecule has 1 amide bonds. The van der Waals surface area contributed by atoms with Crippen LogP contribution < -0.4 is 14.8 Å². The quantitative estimate of drug-likeness (QED) is 0.786. The zero-order valence-electron chi connectivity index (χ0n) is 13.2. The van der Waals surface area contributed by atoms with E-state index in [-0.39, 0.29) is 5.91 Å². The van der Waals surface area contributed by atoms with Crippen LogP contribution in [0, 0.1) is 6.92 Å². The van der Waals surface area contributed by atoms with E-state index in [9.17, 15) is 4.79 Å². The van der Waals surface area contributed by atoms with Gasteiger partial charge in [0, 0.05) is 6.08 Å². The Balaban J connectivity index is 2.10. The number of rotatable bonds is 5. The minimum absolute atomic E-state index is 0.221. The number of anilines is 1. The summed E-state index contributed by atoms with van der Waals surface area (Å²) >= 11 is 3.42. The lowest BCUT2D eigenvalue weighted by Crippen LogP contribution is -2.09. The van der Waals surface area contributed by atoms with Gasteiger partial charge in [0.15, 0.2) is 0 Å². The summed E-state index contributed by atoms with van der Waals surface area (Å²) in [6, 6.07) is 11.2. The molecule has 0 aliphatic rings. The molecule has 0 saturated heterocycles. The summed E-state index contributed by atoms with van der Waals surface area (Å²) < 4.78 is 11.3. The molecule has 0 bridgehead atoms. The Bertz CT molecular complexity index is 741. The van der Waals surface area contributed by atoms with Gasteiger partial charge in [-0.05, 0) is 64.3 Å². The number of hydrogen-bond acceptors (Lipinski definition) is 3. The number of benzene rings is 2. The minimum Gasteiger partial charge on any atom is -0.496 e. The van der Waals surface area contributed by atoms with Crippen LogP contribution in [0.2, 0.25) is 0 Å². The standard InChI is InChI=1S/C18H18BrNO3/c1-12-4-7-17(23-3)15(10-12)20-18(21)9-6-13-5-8-16(22-2)14(19)11-13/h4-11H,1-3H3,(H,20,21). The highest BCUT2D eigenvalue weighted by molar-refractivity contribution is 9.10. The SMILES string of the molecule is COc1ccc(C=CC(=O)Nc2cc(C)ccc2OC)cc1Br. The van der Waals surface area contributed by atoms with E-state index in [1.165, 1.54) is 6.08 Å². The molecule has 4 nitrogen and oxygen atoms in total. The van der Waals surface area contributed by atoms with Crippen LogP contribution in [-0.2, 0) is 4.79 Å². The maximum Gasteiger partial charge on any atom is 0.248 e. The Morgan fingerprint density at radius 3 is 2.43 bits per heavy atom. The van der Waals surface area contributed by atoms with Gasteiger partial charge in [-0.25, -0.2) is 0 Å². The van der Waals surface area contributed by atoms with Crippen LogP contribution in [0.4, 0.5) is 5.69 Å². The number of amides is 1. The third-order valence-corrected chi connectivity index (χ3v) is 3.84. The van der Waals surface area contributed by atoms with Gasteiger partial charge in [0.1, 0.15) is 11.5 Å². The molecule has 0 aliphatic carbocycles. The van der Waals surface area contributed by atoms with Crippen LogP contribution >= 0.6 is 15.9 Å². The summed E-state index contributed by atoms with van der Waals surface area (Å²) in [5.41, 5.74) is 2.59. The van der Waals surface area contributed by atoms with Gasteiger partial charge in [-0.15, -0.1) is 0 Å². The molecule has 0 heterocycles. The van der Waals surface area contributed by atoms with Crippen molar-refractivity contribution in [2.24, 2.45) is 0 Å². The summed E-state index contributed by atoms with van der Waals surface area (Å²) in [5.74, 6) is 1.15. The molecule has 2 aromatic rings. The highest BCUT2D eigenvalue weighted by atomic mass is 79.9. The van der Waals surface area contributed by atoms with Crippen molar-refractivity contribution in [2.45, 2.75) is 6.92 Å². The predicted octanol–water partition coefficient (Wildman–Crippen LogP) is 4.43. The molecular weight excluding hydrogens is 358 g/mol. The van der Waals surface area contributed by atoms with Gasteiger partial charge in [0.25, 0.3) is 0 Å². The van der Waals surface area contributed by atoms with E-state index in [4.69, 9.17) is 9.47 Å². The van der Waals surface area contributed by atoms with E-state index in [1.54, 1.807) is 20.3 Å². The van der Waals surface area contributed by atoms with Crippen molar-refractivity contribution in [1.82, 2.24) is 0 Å². The Morgan fingerprint density at radius 1 is 1.09 bits per heavy atom. The molecule has 5 heteroatoms. The fourth-order valence-corrected chi connectivity index (χ4v) is 2.61. The van der Waals surface area contributed by atoms with Gasteiger partial charge in [0.2, 0.25) is 5.91 Å². The second-order valence-electron chi connectivity index (χ2n) is 4.92. The van der Waals surface area contributed by atoms with Crippen LogP contribution in [-0.4, -0.2) is 20.1 Å².